The number of hydrogen-bond donors (Lipinski definition) is 1. The molecule has 1 unspecified atom stereocenters. The van der Waals surface area contributed by atoms with Crippen molar-refractivity contribution in [3.8, 4) is 11.5 Å². The molecule has 1 aliphatic heterocycles. The van der Waals surface area contributed by atoms with Gasteiger partial charge in [-0.2, -0.15) is 0 Å². The van der Waals surface area contributed by atoms with E-state index in [9.17, 15) is 4.79 Å². The standard InChI is InChI=1S/C27H28N6O/c1-19-15-30-26(31-19)25-17-28-16-24(32-25)13-21-8-5-11-33(18-21)27(34)22-9-10-29-23(14-22)12-20-6-3-2-4-7-20/h2-4,6-7,9-10,14-17,21H,5,8,11-13,18H2,1H3,(H,30,31). The predicted octanol–water partition coefficient (Wildman–Crippen LogP) is 4.26. The largest absolute Gasteiger partial charge is 0.341 e. The van der Waals surface area contributed by atoms with E-state index < -0.39 is 0 Å². The van der Waals surface area contributed by atoms with Gasteiger partial charge in [0.1, 0.15) is 5.69 Å². The van der Waals surface area contributed by atoms with Crippen molar-refractivity contribution in [3.63, 3.8) is 0 Å². The number of piperidine rings is 1. The average molecular weight is 453 g/mol. The molecular formula is C27H28N6O. The minimum Gasteiger partial charge on any atom is -0.341 e. The van der Waals surface area contributed by atoms with Crippen molar-refractivity contribution in [2.24, 2.45) is 5.92 Å². The SMILES string of the molecule is Cc1cnc(-c2cncc(CC3CCCN(C(=O)c4ccnc(Cc5ccccc5)c4)C3)n2)[nH]1. The van der Waals surface area contributed by atoms with Gasteiger partial charge in [-0.05, 0) is 49.8 Å². The molecule has 34 heavy (non-hydrogen) atoms. The van der Waals surface area contributed by atoms with Gasteiger partial charge in [-0.15, -0.1) is 0 Å². The van der Waals surface area contributed by atoms with Crippen LogP contribution in [-0.2, 0) is 12.8 Å². The molecule has 4 aromatic rings. The molecule has 5 rings (SSSR count). The molecule has 1 N–H and O–H groups in total. The van der Waals surface area contributed by atoms with Gasteiger partial charge >= 0.3 is 0 Å². The lowest BCUT2D eigenvalue weighted by Crippen LogP contribution is -2.40. The highest BCUT2D eigenvalue weighted by Crippen LogP contribution is 2.23. The number of carbonyl (C=O) groups is 1. The maximum atomic E-state index is 13.3. The van der Waals surface area contributed by atoms with E-state index in [1.54, 1.807) is 18.6 Å². The summed E-state index contributed by atoms with van der Waals surface area (Å²) in [6.07, 6.45) is 10.7. The summed E-state index contributed by atoms with van der Waals surface area (Å²) in [6.45, 7) is 3.47. The first-order valence-corrected chi connectivity index (χ1v) is 11.7. The fourth-order valence-corrected chi connectivity index (χ4v) is 4.57. The minimum atomic E-state index is 0.0762. The Bertz CT molecular complexity index is 1270. The number of nitrogens with zero attached hydrogens (tertiary/aromatic N) is 5. The maximum absolute atomic E-state index is 13.3. The van der Waals surface area contributed by atoms with E-state index in [-0.39, 0.29) is 5.91 Å². The summed E-state index contributed by atoms with van der Waals surface area (Å²) in [5.41, 5.74) is 5.47. The Hall–Kier alpha value is -3.87. The normalized spacial score (nSPS) is 15.9. The fraction of sp³-hybridized carbons (Fsp3) is 0.296. The number of amides is 1. The molecule has 4 heterocycles. The molecule has 0 aliphatic carbocycles. The molecule has 7 heteroatoms. The van der Waals surface area contributed by atoms with Crippen molar-refractivity contribution < 1.29 is 4.79 Å². The number of rotatable bonds is 6. The molecule has 172 valence electrons. The summed E-state index contributed by atoms with van der Waals surface area (Å²) in [5, 5.41) is 0. The Kier molecular flexibility index (Phi) is 6.42. The van der Waals surface area contributed by atoms with E-state index in [0.29, 0.717) is 11.5 Å². The molecule has 0 bridgehead atoms. The third-order valence-electron chi connectivity index (χ3n) is 6.23. The van der Waals surface area contributed by atoms with E-state index in [0.717, 1.165) is 67.4 Å². The Morgan fingerprint density at radius 2 is 1.97 bits per heavy atom. The third-order valence-corrected chi connectivity index (χ3v) is 6.23. The quantitative estimate of drug-likeness (QED) is 0.472. The summed E-state index contributed by atoms with van der Waals surface area (Å²) in [7, 11) is 0. The number of likely N-dealkylation sites (tertiary alicyclic amines) is 1. The van der Waals surface area contributed by atoms with Crippen molar-refractivity contribution in [2.45, 2.75) is 32.6 Å². The number of carbonyl (C=O) groups excluding carboxylic acids is 1. The van der Waals surface area contributed by atoms with Gasteiger partial charge in [-0.1, -0.05) is 30.3 Å². The molecule has 7 nitrogen and oxygen atoms in total. The highest BCUT2D eigenvalue weighted by Gasteiger charge is 2.25. The van der Waals surface area contributed by atoms with E-state index >= 15 is 0 Å². The molecule has 0 spiro atoms. The van der Waals surface area contributed by atoms with Gasteiger partial charge in [0.25, 0.3) is 5.91 Å². The number of aryl methyl sites for hydroxylation is 1. The number of aromatic amines is 1. The van der Waals surface area contributed by atoms with Gasteiger partial charge in [0.15, 0.2) is 5.82 Å². The molecule has 1 atom stereocenters. The van der Waals surface area contributed by atoms with Crippen LogP contribution in [0.1, 0.15) is 45.8 Å². The summed E-state index contributed by atoms with van der Waals surface area (Å²) in [4.78, 5) is 36.5. The zero-order valence-electron chi connectivity index (χ0n) is 19.3. The lowest BCUT2D eigenvalue weighted by atomic mass is 9.93. The van der Waals surface area contributed by atoms with Crippen molar-refractivity contribution in [1.82, 2.24) is 29.8 Å². The van der Waals surface area contributed by atoms with E-state index in [1.165, 1.54) is 5.56 Å². The van der Waals surface area contributed by atoms with Crippen molar-refractivity contribution >= 4 is 5.91 Å². The molecule has 3 aromatic heterocycles. The molecular weight excluding hydrogens is 424 g/mol. The van der Waals surface area contributed by atoms with Gasteiger partial charge in [-0.3, -0.25) is 14.8 Å². The first kappa shape index (κ1) is 21.9. The summed E-state index contributed by atoms with van der Waals surface area (Å²) in [6, 6.07) is 14.0. The van der Waals surface area contributed by atoms with Crippen LogP contribution in [0.4, 0.5) is 0 Å². The number of hydrogen-bond acceptors (Lipinski definition) is 5. The molecule has 1 amide bonds. The monoisotopic (exact) mass is 452 g/mol. The molecule has 1 aromatic carbocycles. The van der Waals surface area contributed by atoms with Crippen LogP contribution in [0.5, 0.6) is 0 Å². The Balaban J connectivity index is 1.25. The van der Waals surface area contributed by atoms with E-state index in [1.807, 2.05) is 48.4 Å². The number of nitrogens with one attached hydrogen (secondary N) is 1. The number of H-pyrrole nitrogens is 1. The Labute approximate surface area is 199 Å². The zero-order chi connectivity index (χ0) is 23.3. The smallest absolute Gasteiger partial charge is 0.253 e. The second-order valence-electron chi connectivity index (χ2n) is 8.97. The zero-order valence-corrected chi connectivity index (χ0v) is 19.3. The topological polar surface area (TPSA) is 87.7 Å². The average Bonchev–Trinajstić information content (AvgIpc) is 3.31. The van der Waals surface area contributed by atoms with Gasteiger partial charge in [0.2, 0.25) is 0 Å². The van der Waals surface area contributed by atoms with Crippen LogP contribution >= 0.6 is 0 Å². The maximum Gasteiger partial charge on any atom is 0.253 e. The predicted molar refractivity (Wildman–Crippen MR) is 130 cm³/mol. The fourth-order valence-electron chi connectivity index (χ4n) is 4.57. The van der Waals surface area contributed by atoms with Gasteiger partial charge in [-0.25, -0.2) is 9.97 Å². The van der Waals surface area contributed by atoms with Gasteiger partial charge in [0.05, 0.1) is 11.9 Å². The van der Waals surface area contributed by atoms with Crippen molar-refractivity contribution in [1.29, 1.82) is 0 Å². The number of aromatic nitrogens is 5. The first-order valence-electron chi connectivity index (χ1n) is 11.7. The summed E-state index contributed by atoms with van der Waals surface area (Å²) >= 11 is 0. The van der Waals surface area contributed by atoms with Crippen LogP contribution in [0.15, 0.2) is 67.3 Å². The second-order valence-corrected chi connectivity index (χ2v) is 8.97. The summed E-state index contributed by atoms with van der Waals surface area (Å²) in [5.74, 6) is 1.16. The molecule has 0 saturated carbocycles. The second kappa shape index (κ2) is 9.95. The lowest BCUT2D eigenvalue weighted by Gasteiger charge is -2.32. The van der Waals surface area contributed by atoms with Crippen LogP contribution in [0.3, 0.4) is 0 Å². The highest BCUT2D eigenvalue weighted by molar-refractivity contribution is 5.94. The lowest BCUT2D eigenvalue weighted by molar-refractivity contribution is 0.0672. The third kappa shape index (κ3) is 5.20. The Morgan fingerprint density at radius 3 is 2.79 bits per heavy atom. The molecule has 0 radical (unpaired) electrons. The number of imidazole rings is 1. The van der Waals surface area contributed by atoms with Crippen LogP contribution < -0.4 is 0 Å². The van der Waals surface area contributed by atoms with E-state index in [4.69, 9.17) is 4.98 Å². The van der Waals surface area contributed by atoms with Gasteiger partial charge < -0.3 is 9.88 Å². The molecule has 1 aliphatic rings. The number of pyridine rings is 1. The van der Waals surface area contributed by atoms with Crippen LogP contribution in [0, 0.1) is 12.8 Å². The van der Waals surface area contributed by atoms with Crippen molar-refractivity contribution in [2.75, 3.05) is 13.1 Å². The van der Waals surface area contributed by atoms with E-state index in [2.05, 4.69) is 32.1 Å². The molecule has 1 saturated heterocycles. The van der Waals surface area contributed by atoms with Crippen LogP contribution in [0.25, 0.3) is 11.5 Å². The molecule has 1 fully saturated rings. The minimum absolute atomic E-state index is 0.0762. The van der Waals surface area contributed by atoms with Gasteiger partial charge in [0, 0.05) is 55.1 Å². The summed E-state index contributed by atoms with van der Waals surface area (Å²) < 4.78 is 0. The highest BCUT2D eigenvalue weighted by atomic mass is 16.2. The number of benzene rings is 1. The van der Waals surface area contributed by atoms with Crippen LogP contribution in [0.2, 0.25) is 0 Å². The Morgan fingerprint density at radius 1 is 1.09 bits per heavy atom. The van der Waals surface area contributed by atoms with Crippen molar-refractivity contribution in [3.05, 3.63) is 95.5 Å². The first-order chi connectivity index (χ1) is 16.6. The van der Waals surface area contributed by atoms with Crippen LogP contribution in [-0.4, -0.2) is 48.8 Å².